The highest BCUT2D eigenvalue weighted by atomic mass is 19.1. The van der Waals surface area contributed by atoms with E-state index in [1.165, 1.54) is 12.1 Å². The summed E-state index contributed by atoms with van der Waals surface area (Å²) >= 11 is 0. The average molecular weight is 351 g/mol. The van der Waals surface area contributed by atoms with Crippen molar-refractivity contribution < 1.29 is 18.7 Å². The van der Waals surface area contributed by atoms with E-state index in [2.05, 4.69) is 5.32 Å². The van der Waals surface area contributed by atoms with E-state index in [4.69, 9.17) is 9.47 Å². The molecule has 26 heavy (non-hydrogen) atoms. The second kappa shape index (κ2) is 8.67. The first-order valence-corrected chi connectivity index (χ1v) is 8.19. The van der Waals surface area contributed by atoms with Gasteiger partial charge in [0.1, 0.15) is 30.5 Å². The number of para-hydroxylation sites is 3. The molecule has 0 saturated heterocycles. The zero-order chi connectivity index (χ0) is 18.2. The third-order valence-electron chi connectivity index (χ3n) is 3.61. The summed E-state index contributed by atoms with van der Waals surface area (Å²) in [5.74, 6) is 0.241. The van der Waals surface area contributed by atoms with Crippen LogP contribution in [0.1, 0.15) is 10.4 Å². The quantitative estimate of drug-likeness (QED) is 0.636. The summed E-state index contributed by atoms with van der Waals surface area (Å²) in [5.41, 5.74) is 0.454. The lowest BCUT2D eigenvalue weighted by molar-refractivity contribution is 0.102. The minimum atomic E-state index is -0.490. The summed E-state index contributed by atoms with van der Waals surface area (Å²) < 4.78 is 24.9. The van der Waals surface area contributed by atoms with Crippen molar-refractivity contribution in [3.8, 4) is 11.5 Å². The molecule has 3 rings (SSSR count). The third kappa shape index (κ3) is 4.60. The number of rotatable bonds is 7. The van der Waals surface area contributed by atoms with Crippen molar-refractivity contribution in [3.05, 3.63) is 90.2 Å². The van der Waals surface area contributed by atoms with Crippen LogP contribution in [0.15, 0.2) is 78.9 Å². The van der Waals surface area contributed by atoms with Crippen molar-refractivity contribution >= 4 is 11.6 Å². The maximum atomic E-state index is 13.7. The van der Waals surface area contributed by atoms with Crippen LogP contribution in [-0.2, 0) is 0 Å². The summed E-state index contributed by atoms with van der Waals surface area (Å²) in [7, 11) is 0. The third-order valence-corrected chi connectivity index (χ3v) is 3.61. The van der Waals surface area contributed by atoms with Crippen LogP contribution in [0.3, 0.4) is 0 Å². The number of halogens is 1. The Hall–Kier alpha value is -3.34. The average Bonchev–Trinajstić information content (AvgIpc) is 2.68. The molecule has 0 spiro atoms. The van der Waals surface area contributed by atoms with Gasteiger partial charge in [-0.2, -0.15) is 0 Å². The minimum absolute atomic E-state index is 0.125. The minimum Gasteiger partial charge on any atom is -0.490 e. The summed E-state index contributed by atoms with van der Waals surface area (Å²) in [4.78, 5) is 12.5. The molecule has 0 aliphatic carbocycles. The largest absolute Gasteiger partial charge is 0.490 e. The fourth-order valence-electron chi connectivity index (χ4n) is 2.36. The zero-order valence-corrected chi connectivity index (χ0v) is 14.0. The van der Waals surface area contributed by atoms with Crippen LogP contribution in [0.25, 0.3) is 0 Å². The number of hydrogen-bond acceptors (Lipinski definition) is 3. The van der Waals surface area contributed by atoms with E-state index < -0.39 is 11.7 Å². The monoisotopic (exact) mass is 351 g/mol. The first kappa shape index (κ1) is 17.5. The SMILES string of the molecule is O=C(Nc1ccccc1F)c1ccccc1OCCOc1ccccc1. The fraction of sp³-hybridized carbons (Fsp3) is 0.0952. The number of anilines is 1. The second-order valence-electron chi connectivity index (χ2n) is 5.44. The first-order chi connectivity index (χ1) is 12.7. The summed E-state index contributed by atoms with van der Waals surface area (Å²) in [6.07, 6.45) is 0. The smallest absolute Gasteiger partial charge is 0.259 e. The lowest BCUT2D eigenvalue weighted by atomic mass is 10.2. The first-order valence-electron chi connectivity index (χ1n) is 8.19. The van der Waals surface area contributed by atoms with Crippen molar-refractivity contribution in [1.29, 1.82) is 0 Å². The molecule has 0 radical (unpaired) electrons. The standard InChI is InChI=1S/C21H18FNO3/c22-18-11-5-6-12-19(18)23-21(24)17-10-4-7-13-20(17)26-15-14-25-16-8-2-1-3-9-16/h1-13H,14-15H2,(H,23,24). The van der Waals surface area contributed by atoms with Crippen LogP contribution in [0.4, 0.5) is 10.1 Å². The van der Waals surface area contributed by atoms with Gasteiger partial charge < -0.3 is 14.8 Å². The molecule has 3 aromatic rings. The van der Waals surface area contributed by atoms with Gasteiger partial charge in [0.2, 0.25) is 0 Å². The Bertz CT molecular complexity index is 868. The Morgan fingerprint density at radius 3 is 2.27 bits per heavy atom. The van der Waals surface area contributed by atoms with Gasteiger partial charge in [0, 0.05) is 0 Å². The van der Waals surface area contributed by atoms with Crippen LogP contribution in [0, 0.1) is 5.82 Å². The predicted molar refractivity (Wildman–Crippen MR) is 98.2 cm³/mol. The maximum absolute atomic E-state index is 13.7. The van der Waals surface area contributed by atoms with E-state index in [1.807, 2.05) is 30.3 Å². The van der Waals surface area contributed by atoms with E-state index >= 15 is 0 Å². The molecule has 132 valence electrons. The van der Waals surface area contributed by atoms with Gasteiger partial charge in [-0.3, -0.25) is 4.79 Å². The van der Waals surface area contributed by atoms with E-state index in [-0.39, 0.29) is 12.3 Å². The van der Waals surface area contributed by atoms with Gasteiger partial charge in [0.15, 0.2) is 0 Å². The highest BCUT2D eigenvalue weighted by molar-refractivity contribution is 6.06. The Kier molecular flexibility index (Phi) is 5.83. The molecule has 0 aliphatic rings. The molecule has 0 aliphatic heterocycles. The number of hydrogen-bond donors (Lipinski definition) is 1. The molecule has 5 heteroatoms. The molecule has 3 aromatic carbocycles. The van der Waals surface area contributed by atoms with Crippen LogP contribution in [-0.4, -0.2) is 19.1 Å². The van der Waals surface area contributed by atoms with Gasteiger partial charge in [-0.15, -0.1) is 0 Å². The van der Waals surface area contributed by atoms with E-state index in [9.17, 15) is 9.18 Å². The normalized spacial score (nSPS) is 10.2. The Morgan fingerprint density at radius 1 is 0.808 bits per heavy atom. The van der Waals surface area contributed by atoms with Crippen molar-refractivity contribution in [2.45, 2.75) is 0 Å². The number of amides is 1. The van der Waals surface area contributed by atoms with E-state index in [1.54, 1.807) is 36.4 Å². The summed E-state index contributed by atoms with van der Waals surface area (Å²) in [6, 6.07) is 22.2. The molecule has 4 nitrogen and oxygen atoms in total. The van der Waals surface area contributed by atoms with E-state index in [0.29, 0.717) is 17.9 Å². The zero-order valence-electron chi connectivity index (χ0n) is 14.0. The predicted octanol–water partition coefficient (Wildman–Crippen LogP) is 4.54. The molecule has 0 heterocycles. The summed E-state index contributed by atoms with van der Waals surface area (Å²) in [5, 5.41) is 2.56. The molecule has 1 N–H and O–H groups in total. The number of carbonyl (C=O) groups is 1. The van der Waals surface area contributed by atoms with Gasteiger partial charge in [-0.05, 0) is 36.4 Å². The molecular weight excluding hydrogens is 333 g/mol. The summed E-state index contributed by atoms with van der Waals surface area (Å²) in [6.45, 7) is 0.617. The molecule has 0 saturated carbocycles. The van der Waals surface area contributed by atoms with Gasteiger partial charge >= 0.3 is 0 Å². The Morgan fingerprint density at radius 2 is 1.46 bits per heavy atom. The van der Waals surface area contributed by atoms with E-state index in [0.717, 1.165) is 5.75 Å². The van der Waals surface area contributed by atoms with Gasteiger partial charge in [-0.25, -0.2) is 4.39 Å². The highest BCUT2D eigenvalue weighted by Crippen LogP contribution is 2.21. The number of ether oxygens (including phenoxy) is 2. The van der Waals surface area contributed by atoms with Crippen LogP contribution >= 0.6 is 0 Å². The lowest BCUT2D eigenvalue weighted by Gasteiger charge is -2.12. The fourth-order valence-corrected chi connectivity index (χ4v) is 2.36. The molecule has 0 atom stereocenters. The van der Waals surface area contributed by atoms with Gasteiger partial charge in [0.05, 0.1) is 11.3 Å². The van der Waals surface area contributed by atoms with Crippen LogP contribution < -0.4 is 14.8 Å². The molecule has 0 bridgehead atoms. The molecule has 0 unspecified atom stereocenters. The lowest BCUT2D eigenvalue weighted by Crippen LogP contribution is -2.16. The Balaban J connectivity index is 1.60. The van der Waals surface area contributed by atoms with Gasteiger partial charge in [-0.1, -0.05) is 42.5 Å². The Labute approximate surface area is 151 Å². The van der Waals surface area contributed by atoms with Crippen molar-refractivity contribution in [2.75, 3.05) is 18.5 Å². The van der Waals surface area contributed by atoms with Gasteiger partial charge in [0.25, 0.3) is 5.91 Å². The molecular formula is C21H18FNO3. The molecule has 0 fully saturated rings. The highest BCUT2D eigenvalue weighted by Gasteiger charge is 2.14. The van der Waals surface area contributed by atoms with Crippen LogP contribution in [0.2, 0.25) is 0 Å². The number of nitrogens with one attached hydrogen (secondary N) is 1. The van der Waals surface area contributed by atoms with Crippen LogP contribution in [0.5, 0.6) is 11.5 Å². The maximum Gasteiger partial charge on any atom is 0.259 e. The number of carbonyl (C=O) groups excluding carboxylic acids is 1. The topological polar surface area (TPSA) is 47.6 Å². The second-order valence-corrected chi connectivity index (χ2v) is 5.44. The number of benzene rings is 3. The molecule has 0 aromatic heterocycles. The van der Waals surface area contributed by atoms with Crippen molar-refractivity contribution in [1.82, 2.24) is 0 Å². The molecule has 1 amide bonds. The van der Waals surface area contributed by atoms with Crippen molar-refractivity contribution in [3.63, 3.8) is 0 Å². The van der Waals surface area contributed by atoms with Crippen molar-refractivity contribution in [2.24, 2.45) is 0 Å².